The van der Waals surface area contributed by atoms with Crippen molar-refractivity contribution in [3.05, 3.63) is 0 Å². The van der Waals surface area contributed by atoms with E-state index in [4.69, 9.17) is 9.47 Å². The molecule has 0 aliphatic carbocycles. The van der Waals surface area contributed by atoms with Gasteiger partial charge in [0.2, 0.25) is 0 Å². The fourth-order valence-electron chi connectivity index (χ4n) is 2.13. The van der Waals surface area contributed by atoms with E-state index >= 15 is 0 Å². The van der Waals surface area contributed by atoms with Gasteiger partial charge in [0.1, 0.15) is 0 Å². The van der Waals surface area contributed by atoms with Crippen LogP contribution in [0.4, 0.5) is 0 Å². The van der Waals surface area contributed by atoms with E-state index in [1.165, 1.54) is 25.7 Å². The zero-order chi connectivity index (χ0) is 12.4. The largest absolute Gasteiger partial charge is 0.385 e. The van der Waals surface area contributed by atoms with Crippen LogP contribution in [-0.4, -0.2) is 26.9 Å². The zero-order valence-electron chi connectivity index (χ0n) is 11.8. The number of hydrogen-bond acceptors (Lipinski definition) is 2. The van der Waals surface area contributed by atoms with Gasteiger partial charge in [-0.3, -0.25) is 0 Å². The predicted molar refractivity (Wildman–Crippen MR) is 69.8 cm³/mol. The molecule has 16 heavy (non-hydrogen) atoms. The van der Waals surface area contributed by atoms with Gasteiger partial charge in [-0.15, -0.1) is 0 Å². The normalized spacial score (nSPS) is 17.1. The van der Waals surface area contributed by atoms with Crippen LogP contribution in [0.25, 0.3) is 0 Å². The van der Waals surface area contributed by atoms with E-state index in [0.29, 0.717) is 11.5 Å². The minimum Gasteiger partial charge on any atom is -0.385 e. The summed E-state index contributed by atoms with van der Waals surface area (Å²) in [5.41, 5.74) is 0.435. The van der Waals surface area contributed by atoms with E-state index in [2.05, 4.69) is 20.8 Å². The number of methoxy groups -OCH3 is 2. The maximum absolute atomic E-state index is 5.55. The number of hydrogen-bond donors (Lipinski definition) is 0. The van der Waals surface area contributed by atoms with Crippen LogP contribution < -0.4 is 0 Å². The first-order valence-corrected chi connectivity index (χ1v) is 6.63. The van der Waals surface area contributed by atoms with Crippen molar-refractivity contribution in [2.24, 2.45) is 5.41 Å². The molecule has 2 atom stereocenters. The fraction of sp³-hybridized carbons (Fsp3) is 1.00. The molecule has 0 spiro atoms. The van der Waals surface area contributed by atoms with Gasteiger partial charge in [-0.1, -0.05) is 40.0 Å². The number of unbranched alkanes of at least 4 members (excludes halogenated alkanes) is 1. The van der Waals surface area contributed by atoms with E-state index in [9.17, 15) is 0 Å². The Morgan fingerprint density at radius 3 is 2.31 bits per heavy atom. The van der Waals surface area contributed by atoms with Crippen LogP contribution in [0.5, 0.6) is 0 Å². The van der Waals surface area contributed by atoms with Crippen LogP contribution in [0.1, 0.15) is 59.3 Å². The van der Waals surface area contributed by atoms with Gasteiger partial charge in [-0.2, -0.15) is 0 Å². The molecule has 0 aromatic carbocycles. The minimum atomic E-state index is 0.349. The van der Waals surface area contributed by atoms with Crippen LogP contribution in [0.15, 0.2) is 0 Å². The minimum absolute atomic E-state index is 0.349. The Kier molecular flexibility index (Phi) is 8.96. The summed E-state index contributed by atoms with van der Waals surface area (Å²) in [6.45, 7) is 7.74. The molecule has 0 saturated heterocycles. The van der Waals surface area contributed by atoms with Gasteiger partial charge in [0.05, 0.1) is 6.10 Å². The van der Waals surface area contributed by atoms with Crippen molar-refractivity contribution in [2.45, 2.75) is 65.4 Å². The van der Waals surface area contributed by atoms with Crippen molar-refractivity contribution in [1.29, 1.82) is 0 Å². The lowest BCUT2D eigenvalue weighted by Crippen LogP contribution is -2.25. The number of ether oxygens (including phenoxy) is 2. The SMILES string of the molecule is CCCCC(C)(CC)CC(CCOC)OC. The zero-order valence-corrected chi connectivity index (χ0v) is 11.8. The Bertz CT molecular complexity index is 159. The van der Waals surface area contributed by atoms with Crippen LogP contribution in [0, 0.1) is 5.41 Å². The van der Waals surface area contributed by atoms with E-state index in [0.717, 1.165) is 19.4 Å². The lowest BCUT2D eigenvalue weighted by Gasteiger charge is -2.32. The van der Waals surface area contributed by atoms with Crippen LogP contribution in [0.2, 0.25) is 0 Å². The summed E-state index contributed by atoms with van der Waals surface area (Å²) in [6.07, 6.45) is 7.67. The van der Waals surface area contributed by atoms with Crippen molar-refractivity contribution >= 4 is 0 Å². The first-order chi connectivity index (χ1) is 7.61. The maximum Gasteiger partial charge on any atom is 0.0598 e. The van der Waals surface area contributed by atoms with Crippen LogP contribution >= 0.6 is 0 Å². The van der Waals surface area contributed by atoms with Gasteiger partial charge in [0.25, 0.3) is 0 Å². The monoisotopic (exact) mass is 230 g/mol. The van der Waals surface area contributed by atoms with E-state index in [1.54, 1.807) is 7.11 Å². The first-order valence-electron chi connectivity index (χ1n) is 6.63. The molecule has 0 radical (unpaired) electrons. The highest BCUT2D eigenvalue weighted by molar-refractivity contribution is 4.77. The fourth-order valence-corrected chi connectivity index (χ4v) is 2.13. The molecule has 2 heteroatoms. The Morgan fingerprint density at radius 2 is 1.88 bits per heavy atom. The summed E-state index contributed by atoms with van der Waals surface area (Å²) < 4.78 is 10.7. The molecular weight excluding hydrogens is 200 g/mol. The third-order valence-corrected chi connectivity index (χ3v) is 3.69. The van der Waals surface area contributed by atoms with E-state index in [-0.39, 0.29) is 0 Å². The van der Waals surface area contributed by atoms with Crippen LogP contribution in [-0.2, 0) is 9.47 Å². The first kappa shape index (κ1) is 15.9. The second-order valence-corrected chi connectivity index (χ2v) is 5.11. The molecule has 2 nitrogen and oxygen atoms in total. The molecule has 98 valence electrons. The van der Waals surface area contributed by atoms with Gasteiger partial charge in [-0.25, -0.2) is 0 Å². The van der Waals surface area contributed by atoms with Gasteiger partial charge in [0.15, 0.2) is 0 Å². The van der Waals surface area contributed by atoms with Crippen molar-refractivity contribution in [2.75, 3.05) is 20.8 Å². The smallest absolute Gasteiger partial charge is 0.0598 e. The summed E-state index contributed by atoms with van der Waals surface area (Å²) >= 11 is 0. The summed E-state index contributed by atoms with van der Waals surface area (Å²) in [5, 5.41) is 0. The maximum atomic E-state index is 5.55. The molecular formula is C14H30O2. The third-order valence-electron chi connectivity index (χ3n) is 3.69. The molecule has 0 saturated carbocycles. The summed E-state index contributed by atoms with van der Waals surface area (Å²) in [7, 11) is 3.57. The van der Waals surface area contributed by atoms with Crippen LogP contribution in [0.3, 0.4) is 0 Å². The predicted octanol–water partition coefficient (Wildman–Crippen LogP) is 4.03. The molecule has 0 amide bonds. The quantitative estimate of drug-likeness (QED) is 0.564. The second kappa shape index (κ2) is 9.00. The summed E-state index contributed by atoms with van der Waals surface area (Å²) in [4.78, 5) is 0. The molecule has 0 aromatic heterocycles. The highest BCUT2D eigenvalue weighted by atomic mass is 16.5. The topological polar surface area (TPSA) is 18.5 Å². The molecule has 0 aromatic rings. The van der Waals surface area contributed by atoms with Gasteiger partial charge in [0, 0.05) is 20.8 Å². The molecule has 0 aliphatic rings. The van der Waals surface area contributed by atoms with Crippen molar-refractivity contribution in [1.82, 2.24) is 0 Å². The van der Waals surface area contributed by atoms with Crippen molar-refractivity contribution in [3.63, 3.8) is 0 Å². The highest BCUT2D eigenvalue weighted by Crippen LogP contribution is 2.34. The van der Waals surface area contributed by atoms with Crippen molar-refractivity contribution in [3.8, 4) is 0 Å². The molecule has 2 unspecified atom stereocenters. The lowest BCUT2D eigenvalue weighted by molar-refractivity contribution is 0.0273. The lowest BCUT2D eigenvalue weighted by atomic mass is 9.77. The average Bonchev–Trinajstić information content (AvgIpc) is 2.32. The summed E-state index contributed by atoms with van der Waals surface area (Å²) in [6, 6.07) is 0. The Hall–Kier alpha value is -0.0800. The standard InChI is InChI=1S/C14H30O2/c1-6-8-10-14(3,7-2)12-13(16-5)9-11-15-4/h13H,6-12H2,1-5H3. The number of rotatable bonds is 10. The molecule has 0 fully saturated rings. The Labute approximate surface area is 102 Å². The van der Waals surface area contributed by atoms with E-state index < -0.39 is 0 Å². The highest BCUT2D eigenvalue weighted by Gasteiger charge is 2.25. The van der Waals surface area contributed by atoms with E-state index in [1.807, 2.05) is 7.11 Å². The molecule has 0 bridgehead atoms. The molecule has 0 rings (SSSR count). The average molecular weight is 230 g/mol. The van der Waals surface area contributed by atoms with Gasteiger partial charge in [-0.05, 0) is 24.7 Å². The van der Waals surface area contributed by atoms with Gasteiger partial charge < -0.3 is 9.47 Å². The third kappa shape index (κ3) is 6.49. The molecule has 0 N–H and O–H groups in total. The summed E-state index contributed by atoms with van der Waals surface area (Å²) in [5.74, 6) is 0. The van der Waals surface area contributed by atoms with Crippen molar-refractivity contribution < 1.29 is 9.47 Å². The molecule has 0 heterocycles. The molecule has 0 aliphatic heterocycles. The Balaban J connectivity index is 4.12. The second-order valence-electron chi connectivity index (χ2n) is 5.11. The van der Waals surface area contributed by atoms with Gasteiger partial charge >= 0.3 is 0 Å². The Morgan fingerprint density at radius 1 is 1.19 bits per heavy atom.